The number of esters is 1. The van der Waals surface area contributed by atoms with E-state index in [9.17, 15) is 4.79 Å². The van der Waals surface area contributed by atoms with Crippen LogP contribution in [0.25, 0.3) is 0 Å². The number of rotatable bonds is 5. The van der Waals surface area contributed by atoms with Crippen LogP contribution in [0.15, 0.2) is 30.5 Å². The van der Waals surface area contributed by atoms with E-state index in [4.69, 9.17) is 9.47 Å². The van der Waals surface area contributed by atoms with Crippen molar-refractivity contribution in [1.82, 2.24) is 15.2 Å². The molecule has 1 saturated heterocycles. The van der Waals surface area contributed by atoms with Gasteiger partial charge in [0.05, 0.1) is 37.3 Å². The summed E-state index contributed by atoms with van der Waals surface area (Å²) in [6, 6.07) is 7.07. The van der Waals surface area contributed by atoms with Crippen molar-refractivity contribution in [3.05, 3.63) is 36.0 Å². The van der Waals surface area contributed by atoms with Crippen molar-refractivity contribution in [3.8, 4) is 0 Å². The van der Waals surface area contributed by atoms with Crippen LogP contribution in [0, 0.1) is 0 Å². The van der Waals surface area contributed by atoms with Crippen LogP contribution in [0.4, 0.5) is 17.5 Å². The zero-order chi connectivity index (χ0) is 16.8. The van der Waals surface area contributed by atoms with Gasteiger partial charge in [0.2, 0.25) is 5.95 Å². The molecule has 1 aromatic heterocycles. The van der Waals surface area contributed by atoms with Crippen LogP contribution in [0.1, 0.15) is 17.3 Å². The molecule has 0 unspecified atom stereocenters. The Bertz CT molecular complexity index is 704. The maximum Gasteiger partial charge on any atom is 0.340 e. The van der Waals surface area contributed by atoms with Gasteiger partial charge in [-0.1, -0.05) is 12.1 Å². The summed E-state index contributed by atoms with van der Waals surface area (Å²) < 4.78 is 10.4. The number of carbonyl (C=O) groups is 1. The van der Waals surface area contributed by atoms with Crippen LogP contribution < -0.4 is 10.2 Å². The number of nitrogens with one attached hydrogen (secondary N) is 1. The van der Waals surface area contributed by atoms with Gasteiger partial charge in [0, 0.05) is 13.1 Å². The fourth-order valence-electron chi connectivity index (χ4n) is 2.39. The lowest BCUT2D eigenvalue weighted by molar-refractivity contribution is 0.0527. The third kappa shape index (κ3) is 3.77. The number of anilines is 3. The number of ether oxygens (including phenoxy) is 2. The predicted molar refractivity (Wildman–Crippen MR) is 88.5 cm³/mol. The number of hydrogen-bond acceptors (Lipinski definition) is 8. The van der Waals surface area contributed by atoms with E-state index in [1.807, 2.05) is 6.07 Å². The first-order valence-electron chi connectivity index (χ1n) is 7.83. The van der Waals surface area contributed by atoms with Crippen LogP contribution in [-0.4, -0.2) is 54.1 Å². The van der Waals surface area contributed by atoms with Crippen LogP contribution >= 0.6 is 0 Å². The molecular formula is C16H19N5O3. The van der Waals surface area contributed by atoms with Gasteiger partial charge in [0.1, 0.15) is 0 Å². The van der Waals surface area contributed by atoms with E-state index in [2.05, 4.69) is 25.4 Å². The smallest absolute Gasteiger partial charge is 0.340 e. The van der Waals surface area contributed by atoms with E-state index in [-0.39, 0.29) is 0 Å². The molecule has 0 spiro atoms. The maximum atomic E-state index is 12.0. The van der Waals surface area contributed by atoms with Crippen molar-refractivity contribution in [2.75, 3.05) is 43.1 Å². The first-order chi connectivity index (χ1) is 11.8. The average molecular weight is 329 g/mol. The Morgan fingerprint density at radius 1 is 1.33 bits per heavy atom. The Morgan fingerprint density at radius 2 is 2.12 bits per heavy atom. The van der Waals surface area contributed by atoms with Crippen molar-refractivity contribution in [2.24, 2.45) is 0 Å². The minimum absolute atomic E-state index is 0.317. The van der Waals surface area contributed by atoms with Crippen molar-refractivity contribution < 1.29 is 14.3 Å². The quantitative estimate of drug-likeness (QED) is 0.828. The summed E-state index contributed by atoms with van der Waals surface area (Å²) >= 11 is 0. The molecule has 0 aliphatic carbocycles. The SMILES string of the molecule is CCOC(=O)c1ccccc1Nc1nncc(N2CCOCC2)n1. The number of morpholine rings is 1. The molecule has 0 amide bonds. The Labute approximate surface area is 139 Å². The van der Waals surface area contributed by atoms with Gasteiger partial charge >= 0.3 is 5.97 Å². The second kappa shape index (κ2) is 7.69. The van der Waals surface area contributed by atoms with Gasteiger partial charge in [-0.2, -0.15) is 10.1 Å². The first-order valence-corrected chi connectivity index (χ1v) is 7.83. The van der Waals surface area contributed by atoms with Crippen LogP contribution in [0.5, 0.6) is 0 Å². The fourth-order valence-corrected chi connectivity index (χ4v) is 2.39. The highest BCUT2D eigenvalue weighted by atomic mass is 16.5. The number of benzene rings is 1. The largest absolute Gasteiger partial charge is 0.462 e. The van der Waals surface area contributed by atoms with Gasteiger partial charge in [-0.05, 0) is 19.1 Å². The summed E-state index contributed by atoms with van der Waals surface area (Å²) in [5.74, 6) is 0.665. The molecule has 24 heavy (non-hydrogen) atoms. The molecule has 1 fully saturated rings. The van der Waals surface area contributed by atoms with Crippen LogP contribution in [0.3, 0.4) is 0 Å². The highest BCUT2D eigenvalue weighted by Gasteiger charge is 2.16. The molecule has 0 bridgehead atoms. The zero-order valence-electron chi connectivity index (χ0n) is 13.4. The average Bonchev–Trinajstić information content (AvgIpc) is 2.63. The summed E-state index contributed by atoms with van der Waals surface area (Å²) in [5, 5.41) is 11.0. The molecule has 8 nitrogen and oxygen atoms in total. The predicted octanol–water partition coefficient (Wildman–Crippen LogP) is 1.63. The molecular weight excluding hydrogens is 310 g/mol. The number of hydrogen-bond donors (Lipinski definition) is 1. The van der Waals surface area contributed by atoms with Crippen molar-refractivity contribution in [3.63, 3.8) is 0 Å². The van der Waals surface area contributed by atoms with Gasteiger partial charge in [0.25, 0.3) is 0 Å². The Hall–Kier alpha value is -2.74. The summed E-state index contributed by atoms with van der Waals surface area (Å²) in [6.45, 7) is 4.94. The standard InChI is InChI=1S/C16H19N5O3/c1-2-24-15(22)12-5-3-4-6-13(12)18-16-19-14(11-17-20-16)21-7-9-23-10-8-21/h3-6,11H,2,7-10H2,1H3,(H,18,19,20). The minimum atomic E-state index is -0.391. The molecule has 126 valence electrons. The second-order valence-electron chi connectivity index (χ2n) is 5.13. The Balaban J connectivity index is 1.80. The summed E-state index contributed by atoms with van der Waals surface area (Å²) in [7, 11) is 0. The van der Waals surface area contributed by atoms with Gasteiger partial charge in [-0.15, -0.1) is 5.10 Å². The van der Waals surface area contributed by atoms with Gasteiger partial charge < -0.3 is 19.7 Å². The number of aromatic nitrogens is 3. The summed E-state index contributed by atoms with van der Waals surface area (Å²) in [6.07, 6.45) is 1.62. The van der Waals surface area contributed by atoms with Crippen LogP contribution in [0.2, 0.25) is 0 Å². The topological polar surface area (TPSA) is 89.5 Å². The number of para-hydroxylation sites is 1. The van der Waals surface area contributed by atoms with Crippen LogP contribution in [-0.2, 0) is 9.47 Å². The normalized spacial score (nSPS) is 14.3. The summed E-state index contributed by atoms with van der Waals surface area (Å²) in [4.78, 5) is 18.6. The molecule has 0 saturated carbocycles. The molecule has 2 heterocycles. The Morgan fingerprint density at radius 3 is 2.92 bits per heavy atom. The molecule has 1 N–H and O–H groups in total. The van der Waals surface area contributed by atoms with E-state index < -0.39 is 5.97 Å². The van der Waals surface area contributed by atoms with Gasteiger partial charge in [0.15, 0.2) is 5.82 Å². The lowest BCUT2D eigenvalue weighted by Crippen LogP contribution is -2.37. The molecule has 1 aliphatic heterocycles. The van der Waals surface area contributed by atoms with E-state index in [1.165, 1.54) is 0 Å². The molecule has 0 atom stereocenters. The third-order valence-electron chi connectivity index (χ3n) is 3.55. The van der Waals surface area contributed by atoms with Crippen molar-refractivity contribution >= 4 is 23.4 Å². The zero-order valence-corrected chi connectivity index (χ0v) is 13.4. The molecule has 0 radical (unpaired) electrons. The third-order valence-corrected chi connectivity index (χ3v) is 3.55. The highest BCUT2D eigenvalue weighted by Crippen LogP contribution is 2.20. The number of nitrogens with zero attached hydrogens (tertiary/aromatic N) is 4. The monoisotopic (exact) mass is 329 g/mol. The highest BCUT2D eigenvalue weighted by molar-refractivity contribution is 5.96. The minimum Gasteiger partial charge on any atom is -0.462 e. The molecule has 1 aliphatic rings. The van der Waals surface area contributed by atoms with E-state index in [1.54, 1.807) is 31.3 Å². The maximum absolute atomic E-state index is 12.0. The molecule has 3 rings (SSSR count). The molecule has 2 aromatic rings. The Kier molecular flexibility index (Phi) is 5.17. The van der Waals surface area contributed by atoms with Gasteiger partial charge in [-0.3, -0.25) is 0 Å². The first kappa shape index (κ1) is 16.1. The summed E-state index contributed by atoms with van der Waals surface area (Å²) in [5.41, 5.74) is 1.01. The van der Waals surface area contributed by atoms with E-state index in [0.717, 1.165) is 18.9 Å². The number of carbonyl (C=O) groups excluding carboxylic acids is 1. The lowest BCUT2D eigenvalue weighted by Gasteiger charge is -2.27. The molecule has 1 aromatic carbocycles. The second-order valence-corrected chi connectivity index (χ2v) is 5.13. The van der Waals surface area contributed by atoms with E-state index >= 15 is 0 Å². The van der Waals surface area contributed by atoms with E-state index in [0.29, 0.717) is 37.0 Å². The van der Waals surface area contributed by atoms with Crippen molar-refractivity contribution in [1.29, 1.82) is 0 Å². The van der Waals surface area contributed by atoms with Crippen molar-refractivity contribution in [2.45, 2.75) is 6.92 Å². The fraction of sp³-hybridized carbons (Fsp3) is 0.375. The lowest BCUT2D eigenvalue weighted by atomic mass is 10.2. The molecule has 8 heteroatoms. The van der Waals surface area contributed by atoms with Gasteiger partial charge in [-0.25, -0.2) is 4.79 Å².